The molecule has 2 rings (SSSR count). The largest absolute Gasteiger partial charge is 0.449 e. The van der Waals surface area contributed by atoms with Crippen LogP contribution in [0.5, 0.6) is 0 Å². The van der Waals surface area contributed by atoms with Gasteiger partial charge in [-0.3, -0.25) is 4.79 Å². The van der Waals surface area contributed by atoms with Gasteiger partial charge in [-0.15, -0.1) is 11.8 Å². The number of carbonyl (C=O) groups excluding carboxylic acids is 2. The first-order chi connectivity index (χ1) is 11.9. The second-order valence-corrected chi connectivity index (χ2v) is 6.86. The monoisotopic (exact) mass is 377 g/mol. The molecule has 0 unspecified atom stereocenters. The van der Waals surface area contributed by atoms with E-state index in [2.05, 4.69) is 0 Å². The van der Waals surface area contributed by atoms with E-state index in [-0.39, 0.29) is 11.5 Å². The Balaban J connectivity index is 2.01. The minimum atomic E-state index is -0.893. The van der Waals surface area contributed by atoms with Gasteiger partial charge in [-0.1, -0.05) is 41.9 Å². The summed E-state index contributed by atoms with van der Waals surface area (Å²) in [5.74, 6) is -0.871. The third-order valence-electron chi connectivity index (χ3n) is 3.66. The van der Waals surface area contributed by atoms with Crippen LogP contribution in [0.2, 0.25) is 5.02 Å². The number of ether oxygens (including phenoxy) is 1. The smallest absolute Gasteiger partial charge is 0.340 e. The Morgan fingerprint density at radius 1 is 1.20 bits per heavy atom. The third-order valence-corrected chi connectivity index (χ3v) is 4.72. The molecule has 0 saturated heterocycles. The van der Waals surface area contributed by atoms with Crippen LogP contribution in [0.25, 0.3) is 0 Å². The molecule has 0 aliphatic rings. The lowest BCUT2D eigenvalue weighted by Crippen LogP contribution is -2.37. The summed E-state index contributed by atoms with van der Waals surface area (Å²) in [6.07, 6.45) is 1.01. The Labute approximate surface area is 157 Å². The molecule has 0 N–H and O–H groups in total. The van der Waals surface area contributed by atoms with Crippen LogP contribution in [0.4, 0.5) is 0 Å². The normalized spacial score (nSPS) is 11.7. The number of esters is 1. The van der Waals surface area contributed by atoms with Crippen LogP contribution in [-0.2, 0) is 16.1 Å². The predicted octanol–water partition coefficient (Wildman–Crippen LogP) is 4.27. The Morgan fingerprint density at radius 3 is 2.52 bits per heavy atom. The maximum absolute atomic E-state index is 12.4. The number of nitrogens with zero attached hydrogens (tertiary/aromatic N) is 1. The summed E-state index contributed by atoms with van der Waals surface area (Å²) in [6, 6.07) is 14.8. The Hall–Kier alpha value is -1.98. The summed E-state index contributed by atoms with van der Waals surface area (Å²) in [5.41, 5.74) is 1.27. The van der Waals surface area contributed by atoms with Crippen molar-refractivity contribution in [1.82, 2.24) is 4.90 Å². The molecule has 0 radical (unpaired) electrons. The highest BCUT2D eigenvalue weighted by Gasteiger charge is 2.23. The molecule has 0 aliphatic carbocycles. The summed E-state index contributed by atoms with van der Waals surface area (Å²) in [5, 5.41) is 0.306. The van der Waals surface area contributed by atoms with Gasteiger partial charge in [-0.2, -0.15) is 0 Å². The number of hydrogen-bond donors (Lipinski definition) is 0. The zero-order valence-electron chi connectivity index (χ0n) is 14.4. The fraction of sp³-hybridized carbons (Fsp3) is 0.263. The van der Waals surface area contributed by atoms with Gasteiger partial charge in [0.15, 0.2) is 6.10 Å². The van der Waals surface area contributed by atoms with Crippen molar-refractivity contribution in [2.24, 2.45) is 0 Å². The molecule has 0 saturated carbocycles. The van der Waals surface area contributed by atoms with E-state index in [4.69, 9.17) is 16.3 Å². The number of benzene rings is 2. The second kappa shape index (κ2) is 8.92. The van der Waals surface area contributed by atoms with Crippen molar-refractivity contribution in [2.45, 2.75) is 24.5 Å². The van der Waals surface area contributed by atoms with E-state index in [0.717, 1.165) is 10.5 Å². The maximum Gasteiger partial charge on any atom is 0.340 e. The molecule has 6 heteroatoms. The molecular formula is C19H20ClNO3S. The number of halogens is 1. The van der Waals surface area contributed by atoms with Gasteiger partial charge < -0.3 is 9.64 Å². The SMILES string of the molecule is CSc1ccc(Cl)c(C(=O)O[C@@H](C)C(=O)N(C)Cc2ccccc2)c1. The van der Waals surface area contributed by atoms with Crippen LogP contribution in [-0.4, -0.2) is 36.2 Å². The minimum Gasteiger partial charge on any atom is -0.449 e. The molecule has 1 atom stereocenters. The molecule has 1 amide bonds. The molecule has 0 spiro atoms. The van der Waals surface area contributed by atoms with Gasteiger partial charge in [-0.05, 0) is 36.9 Å². The third kappa shape index (κ3) is 5.25. The van der Waals surface area contributed by atoms with E-state index in [0.29, 0.717) is 11.6 Å². The molecule has 2 aromatic carbocycles. The molecule has 2 aromatic rings. The van der Waals surface area contributed by atoms with Crippen LogP contribution in [0.3, 0.4) is 0 Å². The zero-order chi connectivity index (χ0) is 18.4. The number of hydrogen-bond acceptors (Lipinski definition) is 4. The van der Waals surface area contributed by atoms with Crippen LogP contribution >= 0.6 is 23.4 Å². The fourth-order valence-corrected chi connectivity index (χ4v) is 2.94. The Kier molecular flexibility index (Phi) is 6.91. The predicted molar refractivity (Wildman–Crippen MR) is 101 cm³/mol. The van der Waals surface area contributed by atoms with Crippen molar-refractivity contribution < 1.29 is 14.3 Å². The van der Waals surface area contributed by atoms with E-state index in [9.17, 15) is 9.59 Å². The highest BCUT2D eigenvalue weighted by atomic mass is 35.5. The second-order valence-electron chi connectivity index (χ2n) is 5.57. The first-order valence-electron chi connectivity index (χ1n) is 7.75. The van der Waals surface area contributed by atoms with Gasteiger partial charge in [0, 0.05) is 18.5 Å². The van der Waals surface area contributed by atoms with E-state index in [1.807, 2.05) is 42.7 Å². The highest BCUT2D eigenvalue weighted by Crippen LogP contribution is 2.24. The highest BCUT2D eigenvalue weighted by molar-refractivity contribution is 7.98. The molecular weight excluding hydrogens is 358 g/mol. The number of carbonyl (C=O) groups is 2. The average molecular weight is 378 g/mol. The summed E-state index contributed by atoms with van der Waals surface area (Å²) >= 11 is 7.57. The topological polar surface area (TPSA) is 46.6 Å². The minimum absolute atomic E-state index is 0.263. The summed E-state index contributed by atoms with van der Waals surface area (Å²) < 4.78 is 5.31. The van der Waals surface area contributed by atoms with Crippen molar-refractivity contribution >= 4 is 35.2 Å². The quantitative estimate of drug-likeness (QED) is 0.557. The lowest BCUT2D eigenvalue weighted by atomic mass is 10.2. The molecule has 4 nitrogen and oxygen atoms in total. The Bertz CT molecular complexity index is 752. The van der Waals surface area contributed by atoms with Crippen LogP contribution in [0, 0.1) is 0 Å². The fourth-order valence-electron chi connectivity index (χ4n) is 2.31. The van der Waals surface area contributed by atoms with Crippen LogP contribution in [0.15, 0.2) is 53.4 Å². The van der Waals surface area contributed by atoms with Crippen molar-refractivity contribution in [1.29, 1.82) is 0 Å². The molecule has 0 aliphatic heterocycles. The maximum atomic E-state index is 12.4. The van der Waals surface area contributed by atoms with Crippen molar-refractivity contribution in [2.75, 3.05) is 13.3 Å². The Morgan fingerprint density at radius 2 is 1.88 bits per heavy atom. The molecule has 0 heterocycles. The standard InChI is InChI=1S/C19H20ClNO3S/c1-13(18(22)21(2)12-14-7-5-4-6-8-14)24-19(23)16-11-15(25-3)9-10-17(16)20/h4-11,13H,12H2,1-3H3/t13-/m0/s1. The van der Waals surface area contributed by atoms with Gasteiger partial charge in [0.25, 0.3) is 5.91 Å². The molecule has 0 aromatic heterocycles. The number of likely N-dealkylation sites (N-methyl/N-ethyl adjacent to an activating group) is 1. The van der Waals surface area contributed by atoms with Gasteiger partial charge in [0.2, 0.25) is 0 Å². The summed E-state index contributed by atoms with van der Waals surface area (Å²) in [6.45, 7) is 2.01. The van der Waals surface area contributed by atoms with E-state index < -0.39 is 12.1 Å². The number of thioether (sulfide) groups is 1. The van der Waals surface area contributed by atoms with Gasteiger partial charge >= 0.3 is 5.97 Å². The van der Waals surface area contributed by atoms with Gasteiger partial charge in [-0.25, -0.2) is 4.79 Å². The first-order valence-corrected chi connectivity index (χ1v) is 9.36. The molecule has 25 heavy (non-hydrogen) atoms. The molecule has 0 bridgehead atoms. The van der Waals surface area contributed by atoms with E-state index in [1.54, 1.807) is 26.1 Å². The van der Waals surface area contributed by atoms with E-state index >= 15 is 0 Å². The lowest BCUT2D eigenvalue weighted by Gasteiger charge is -2.21. The zero-order valence-corrected chi connectivity index (χ0v) is 15.9. The molecule has 0 fully saturated rings. The lowest BCUT2D eigenvalue weighted by molar-refractivity contribution is -0.139. The number of rotatable bonds is 6. The van der Waals surface area contributed by atoms with E-state index in [1.165, 1.54) is 16.7 Å². The van der Waals surface area contributed by atoms with Crippen LogP contribution < -0.4 is 0 Å². The number of amides is 1. The summed E-state index contributed by atoms with van der Waals surface area (Å²) in [7, 11) is 1.68. The van der Waals surface area contributed by atoms with Crippen LogP contribution in [0.1, 0.15) is 22.8 Å². The van der Waals surface area contributed by atoms with Gasteiger partial charge in [0.1, 0.15) is 0 Å². The van der Waals surface area contributed by atoms with Crippen molar-refractivity contribution in [3.63, 3.8) is 0 Å². The van der Waals surface area contributed by atoms with Crippen molar-refractivity contribution in [3.8, 4) is 0 Å². The van der Waals surface area contributed by atoms with Gasteiger partial charge in [0.05, 0.1) is 10.6 Å². The summed E-state index contributed by atoms with van der Waals surface area (Å²) in [4.78, 5) is 27.2. The van der Waals surface area contributed by atoms with Crippen molar-refractivity contribution in [3.05, 3.63) is 64.7 Å². The molecule has 132 valence electrons. The first kappa shape index (κ1) is 19.3. The average Bonchev–Trinajstić information content (AvgIpc) is 2.62.